The van der Waals surface area contributed by atoms with E-state index >= 15 is 0 Å². The number of benzene rings is 3. The summed E-state index contributed by atoms with van der Waals surface area (Å²) in [6, 6.07) is 20.8. The Morgan fingerprint density at radius 3 is 2.40 bits per heavy atom. The van der Waals surface area contributed by atoms with Crippen molar-refractivity contribution in [1.82, 2.24) is 10.2 Å². The third-order valence-electron chi connectivity index (χ3n) is 7.86. The van der Waals surface area contributed by atoms with Crippen LogP contribution >= 0.6 is 11.6 Å². The van der Waals surface area contributed by atoms with Crippen LogP contribution in [0.4, 0.5) is 0 Å². The number of ether oxygens (including phenoxy) is 3. The van der Waals surface area contributed by atoms with Crippen LogP contribution in [0.5, 0.6) is 11.5 Å². The van der Waals surface area contributed by atoms with E-state index in [1.165, 1.54) is 0 Å². The van der Waals surface area contributed by atoms with Crippen LogP contribution in [0, 0.1) is 0 Å². The van der Waals surface area contributed by atoms with Gasteiger partial charge in [0.15, 0.2) is 17.3 Å². The average molecular weight is 603 g/mol. The smallest absolute Gasteiger partial charge is 0.289 e. The van der Waals surface area contributed by atoms with Gasteiger partial charge in [0.2, 0.25) is 0 Å². The number of hydrogen-bond acceptors (Lipinski definition) is 5. The molecule has 1 saturated carbocycles. The quantitative estimate of drug-likeness (QED) is 0.244. The number of rotatable bonds is 11. The summed E-state index contributed by atoms with van der Waals surface area (Å²) >= 11 is 6.07. The van der Waals surface area contributed by atoms with E-state index in [0.717, 1.165) is 48.1 Å². The highest BCUT2D eigenvalue weighted by molar-refractivity contribution is 6.30. The number of carbonyl (C=O) groups excluding carboxylic acids is 2. The van der Waals surface area contributed by atoms with E-state index < -0.39 is 0 Å². The first kappa shape index (κ1) is 30.5. The third-order valence-corrected chi connectivity index (χ3v) is 8.11. The van der Waals surface area contributed by atoms with E-state index in [9.17, 15) is 9.59 Å². The molecule has 7 nitrogen and oxygen atoms in total. The second-order valence-corrected chi connectivity index (χ2v) is 11.3. The van der Waals surface area contributed by atoms with E-state index in [4.69, 9.17) is 25.8 Å². The summed E-state index contributed by atoms with van der Waals surface area (Å²) in [4.78, 5) is 28.4. The van der Waals surface area contributed by atoms with Crippen molar-refractivity contribution >= 4 is 29.5 Å². The van der Waals surface area contributed by atoms with E-state index in [0.29, 0.717) is 54.8 Å². The predicted molar refractivity (Wildman–Crippen MR) is 168 cm³/mol. The molecular weight excluding hydrogens is 564 g/mol. The van der Waals surface area contributed by atoms with Crippen LogP contribution < -0.4 is 14.8 Å². The van der Waals surface area contributed by atoms with Crippen molar-refractivity contribution in [2.45, 2.75) is 64.6 Å². The van der Waals surface area contributed by atoms with Crippen LogP contribution in [0.15, 0.2) is 72.5 Å². The summed E-state index contributed by atoms with van der Waals surface area (Å²) in [6.07, 6.45) is 6.47. The zero-order valence-electron chi connectivity index (χ0n) is 24.8. The van der Waals surface area contributed by atoms with Gasteiger partial charge in [0.25, 0.3) is 11.8 Å². The minimum atomic E-state index is -0.153. The van der Waals surface area contributed by atoms with Crippen molar-refractivity contribution < 1.29 is 23.8 Å². The summed E-state index contributed by atoms with van der Waals surface area (Å²) in [5.74, 6) is 1.52. The molecule has 2 unspecified atom stereocenters. The Kier molecular flexibility index (Phi) is 10.3. The molecule has 0 bridgehead atoms. The van der Waals surface area contributed by atoms with Crippen molar-refractivity contribution in [1.29, 1.82) is 0 Å². The van der Waals surface area contributed by atoms with Gasteiger partial charge in [-0.25, -0.2) is 0 Å². The minimum absolute atomic E-state index is 0.0185. The number of fused-ring (bicyclic) bond motifs is 1. The fourth-order valence-corrected chi connectivity index (χ4v) is 5.83. The van der Waals surface area contributed by atoms with Crippen LogP contribution in [-0.2, 0) is 22.5 Å². The molecule has 2 fully saturated rings. The second-order valence-electron chi connectivity index (χ2n) is 10.9. The van der Waals surface area contributed by atoms with E-state index in [2.05, 4.69) is 5.32 Å². The third kappa shape index (κ3) is 7.71. The van der Waals surface area contributed by atoms with Crippen molar-refractivity contribution in [3.05, 3.63) is 99.8 Å². The highest BCUT2D eigenvalue weighted by atomic mass is 35.5. The zero-order valence-corrected chi connectivity index (χ0v) is 25.6. The van der Waals surface area contributed by atoms with Gasteiger partial charge in [-0.1, -0.05) is 48.4 Å². The Balaban J connectivity index is 1.21. The van der Waals surface area contributed by atoms with Crippen LogP contribution in [0.3, 0.4) is 0 Å². The molecule has 2 aliphatic rings. The molecule has 226 valence electrons. The first-order valence-electron chi connectivity index (χ1n) is 15.2. The summed E-state index contributed by atoms with van der Waals surface area (Å²) in [5.41, 5.74) is 3.45. The topological polar surface area (TPSA) is 77.1 Å². The maximum Gasteiger partial charge on any atom is 0.289 e. The van der Waals surface area contributed by atoms with E-state index in [-0.39, 0.29) is 24.0 Å². The number of carbonyl (C=O) groups is 2. The Bertz CT molecular complexity index is 1440. The highest BCUT2D eigenvalue weighted by Crippen LogP contribution is 2.34. The van der Waals surface area contributed by atoms with Crippen molar-refractivity contribution in [3.8, 4) is 11.5 Å². The average Bonchev–Trinajstić information content (AvgIpc) is 3.02. The van der Waals surface area contributed by atoms with Crippen LogP contribution in [0.2, 0.25) is 5.02 Å². The van der Waals surface area contributed by atoms with Gasteiger partial charge < -0.3 is 24.4 Å². The van der Waals surface area contributed by atoms with Gasteiger partial charge in [-0.3, -0.25) is 9.59 Å². The largest absolute Gasteiger partial charge is 0.490 e. The van der Waals surface area contributed by atoms with Crippen molar-refractivity contribution in [2.75, 3.05) is 19.8 Å². The summed E-state index contributed by atoms with van der Waals surface area (Å²) in [5, 5.41) is 3.66. The Labute approximate surface area is 258 Å². The molecule has 1 aliphatic carbocycles. The maximum absolute atomic E-state index is 13.6. The van der Waals surface area contributed by atoms with E-state index in [1.54, 1.807) is 18.2 Å². The molecule has 1 aliphatic heterocycles. The van der Waals surface area contributed by atoms with Gasteiger partial charge in [0, 0.05) is 23.7 Å². The summed E-state index contributed by atoms with van der Waals surface area (Å²) < 4.78 is 17.6. The van der Waals surface area contributed by atoms with Gasteiger partial charge in [-0.15, -0.1) is 0 Å². The van der Waals surface area contributed by atoms with Gasteiger partial charge in [-0.05, 0) is 98.7 Å². The molecule has 1 N–H and O–H groups in total. The molecule has 1 heterocycles. The molecular formula is C35H39ClN2O5. The molecule has 2 atom stereocenters. The number of hydrogen-bond donors (Lipinski definition) is 1. The molecule has 2 amide bonds. The number of halogens is 1. The lowest BCUT2D eigenvalue weighted by Crippen LogP contribution is -2.54. The molecule has 1 saturated heterocycles. The molecule has 3 aromatic rings. The highest BCUT2D eigenvalue weighted by Gasteiger charge is 2.41. The standard InChI is InChI=1S/C35H39ClN2O5/c1-3-41-31-18-13-25(21-32(31)42-4-2)19-20-37-34(39)27-14-9-24(10-15-27)22-33-35(40)38(23-26-11-16-28(36)17-12-26)29-7-5-6-8-30(29)43-33/h9-18,21-22,29-30H,3-8,19-20,23H2,1-2H3,(H,37,39)/b33-22-. The van der Waals surface area contributed by atoms with Crippen LogP contribution in [0.1, 0.15) is 66.6 Å². The normalized spacial score (nSPS) is 19.0. The van der Waals surface area contributed by atoms with Crippen LogP contribution in [0.25, 0.3) is 6.08 Å². The van der Waals surface area contributed by atoms with Gasteiger partial charge >= 0.3 is 0 Å². The summed E-state index contributed by atoms with van der Waals surface area (Å²) in [6.45, 7) is 6.00. The maximum atomic E-state index is 13.6. The first-order chi connectivity index (χ1) is 20.9. The molecule has 43 heavy (non-hydrogen) atoms. The van der Waals surface area contributed by atoms with Crippen LogP contribution in [-0.4, -0.2) is 48.6 Å². The SMILES string of the molecule is CCOc1ccc(CCNC(=O)c2ccc(/C=C3\OC4CCCCC4N(Cc4ccc(Cl)cc4)C3=O)cc2)cc1OCC. The first-order valence-corrected chi connectivity index (χ1v) is 15.5. The number of amides is 2. The molecule has 0 radical (unpaired) electrons. The fraction of sp³-hybridized carbons (Fsp3) is 0.371. The number of nitrogens with one attached hydrogen (secondary N) is 1. The molecule has 5 rings (SSSR count). The predicted octanol–water partition coefficient (Wildman–Crippen LogP) is 6.82. The van der Waals surface area contributed by atoms with Crippen molar-refractivity contribution in [3.63, 3.8) is 0 Å². The zero-order chi connectivity index (χ0) is 30.2. The minimum Gasteiger partial charge on any atom is -0.490 e. The Morgan fingerprint density at radius 2 is 1.65 bits per heavy atom. The van der Waals surface area contributed by atoms with Gasteiger partial charge in [0.1, 0.15) is 6.10 Å². The molecule has 0 spiro atoms. The Hall–Kier alpha value is -3.97. The fourth-order valence-electron chi connectivity index (χ4n) is 5.70. The van der Waals surface area contributed by atoms with Crippen molar-refractivity contribution in [2.24, 2.45) is 0 Å². The van der Waals surface area contributed by atoms with E-state index in [1.807, 2.05) is 73.3 Å². The number of morpholine rings is 1. The molecule has 0 aromatic heterocycles. The molecule has 8 heteroatoms. The second kappa shape index (κ2) is 14.5. The lowest BCUT2D eigenvalue weighted by Gasteiger charge is -2.44. The Morgan fingerprint density at radius 1 is 0.953 bits per heavy atom. The number of nitrogens with zero attached hydrogens (tertiary/aromatic N) is 1. The van der Waals surface area contributed by atoms with Gasteiger partial charge in [0.05, 0.1) is 19.3 Å². The lowest BCUT2D eigenvalue weighted by molar-refractivity contribution is -0.149. The summed E-state index contributed by atoms with van der Waals surface area (Å²) in [7, 11) is 0. The monoisotopic (exact) mass is 602 g/mol. The van der Waals surface area contributed by atoms with Gasteiger partial charge in [-0.2, -0.15) is 0 Å². The lowest BCUT2D eigenvalue weighted by atomic mass is 9.89. The molecule has 3 aromatic carbocycles.